The average Bonchev–Trinajstić information content (AvgIpc) is 2.45. The minimum atomic E-state index is -3.85. The molecule has 8 heteroatoms. The van der Waals surface area contributed by atoms with Gasteiger partial charge in [-0.2, -0.15) is 0 Å². The molecular formula is C14H12Cl2N2O3S. The monoisotopic (exact) mass is 358 g/mol. The van der Waals surface area contributed by atoms with Crippen LogP contribution in [0.1, 0.15) is 15.9 Å². The molecule has 2 rings (SSSR count). The van der Waals surface area contributed by atoms with E-state index >= 15 is 0 Å². The van der Waals surface area contributed by atoms with E-state index in [9.17, 15) is 13.2 Å². The van der Waals surface area contributed by atoms with E-state index in [0.717, 1.165) is 5.56 Å². The second-order valence-corrected chi connectivity index (χ2v) is 7.02. The Hall–Kier alpha value is -1.60. The van der Waals surface area contributed by atoms with Crippen LogP contribution in [0.15, 0.2) is 47.4 Å². The second-order valence-electron chi connectivity index (χ2n) is 4.50. The molecular weight excluding hydrogens is 347 g/mol. The highest BCUT2D eigenvalue weighted by Crippen LogP contribution is 2.20. The summed E-state index contributed by atoms with van der Waals surface area (Å²) in [5.74, 6) is -0.683. The fraction of sp³-hybridized carbons (Fsp3) is 0.0714. The Balaban J connectivity index is 2.11. The Morgan fingerprint density at radius 3 is 2.27 bits per heavy atom. The zero-order chi connectivity index (χ0) is 16.3. The van der Waals surface area contributed by atoms with E-state index in [1.807, 2.05) is 11.8 Å². The van der Waals surface area contributed by atoms with E-state index < -0.39 is 15.9 Å². The maximum atomic E-state index is 12.0. The fourth-order valence-corrected chi connectivity index (χ4v) is 2.96. The molecule has 1 amide bonds. The summed E-state index contributed by atoms with van der Waals surface area (Å²) in [5.41, 5.74) is 3.14. The van der Waals surface area contributed by atoms with Crippen molar-refractivity contribution in [2.75, 3.05) is 0 Å². The third-order valence-electron chi connectivity index (χ3n) is 2.81. The number of benzene rings is 2. The molecule has 0 bridgehead atoms. The van der Waals surface area contributed by atoms with Gasteiger partial charge in [-0.3, -0.25) is 10.2 Å². The summed E-state index contributed by atoms with van der Waals surface area (Å²) in [7, 11) is -3.85. The Morgan fingerprint density at radius 2 is 1.68 bits per heavy atom. The molecule has 0 aliphatic heterocycles. The van der Waals surface area contributed by atoms with Crippen LogP contribution in [0, 0.1) is 6.92 Å². The Kier molecular flexibility index (Phi) is 5.08. The Morgan fingerprint density at radius 1 is 1.05 bits per heavy atom. The number of hydrogen-bond acceptors (Lipinski definition) is 3. The minimum absolute atomic E-state index is 0.0422. The average molecular weight is 359 g/mol. The summed E-state index contributed by atoms with van der Waals surface area (Å²) in [6.07, 6.45) is 0. The lowest BCUT2D eigenvalue weighted by Gasteiger charge is -2.09. The molecule has 0 heterocycles. The van der Waals surface area contributed by atoms with Crippen LogP contribution in [-0.4, -0.2) is 14.3 Å². The van der Waals surface area contributed by atoms with Gasteiger partial charge in [0.15, 0.2) is 0 Å². The van der Waals surface area contributed by atoms with Crippen molar-refractivity contribution in [2.45, 2.75) is 11.8 Å². The highest BCUT2D eigenvalue weighted by atomic mass is 35.5. The molecule has 0 spiro atoms. The number of sulfonamides is 1. The van der Waals surface area contributed by atoms with Crippen molar-refractivity contribution in [3.8, 4) is 0 Å². The summed E-state index contributed by atoms with van der Waals surface area (Å²) in [6, 6.07) is 10.5. The zero-order valence-electron chi connectivity index (χ0n) is 11.4. The second kappa shape index (κ2) is 6.66. The van der Waals surface area contributed by atoms with Gasteiger partial charge in [0.1, 0.15) is 0 Å². The molecule has 5 nitrogen and oxygen atoms in total. The van der Waals surface area contributed by atoms with Gasteiger partial charge in [0, 0.05) is 5.02 Å². The molecule has 0 aliphatic carbocycles. The van der Waals surface area contributed by atoms with Crippen LogP contribution in [0.5, 0.6) is 0 Å². The summed E-state index contributed by atoms with van der Waals surface area (Å²) in [5, 5.41) is 0.501. The van der Waals surface area contributed by atoms with Crippen LogP contribution in [-0.2, 0) is 10.0 Å². The van der Waals surface area contributed by atoms with Crippen molar-refractivity contribution < 1.29 is 13.2 Å². The van der Waals surface area contributed by atoms with Gasteiger partial charge in [0.25, 0.3) is 15.9 Å². The molecule has 0 fully saturated rings. The molecule has 0 saturated heterocycles. The first-order valence-corrected chi connectivity index (χ1v) is 8.37. The lowest BCUT2D eigenvalue weighted by Crippen LogP contribution is -2.41. The molecule has 0 atom stereocenters. The number of hydrogen-bond donors (Lipinski definition) is 2. The molecule has 0 aliphatic rings. The smallest absolute Gasteiger partial charge is 0.267 e. The SMILES string of the molecule is Cc1ccc(S(=O)(=O)NNC(=O)c2ccc(Cl)cc2Cl)cc1. The van der Waals surface area contributed by atoms with E-state index in [4.69, 9.17) is 23.2 Å². The third kappa shape index (κ3) is 3.98. The standard InChI is InChI=1S/C14H12Cl2N2O3S/c1-9-2-5-11(6-3-9)22(20,21)18-17-14(19)12-7-4-10(15)8-13(12)16/h2-8,18H,1H3,(H,17,19). The summed E-state index contributed by atoms with van der Waals surface area (Å²) in [6.45, 7) is 1.84. The highest BCUT2D eigenvalue weighted by Gasteiger charge is 2.16. The lowest BCUT2D eigenvalue weighted by atomic mass is 10.2. The van der Waals surface area contributed by atoms with E-state index in [0.29, 0.717) is 5.02 Å². The van der Waals surface area contributed by atoms with Gasteiger partial charge < -0.3 is 0 Å². The van der Waals surface area contributed by atoms with Gasteiger partial charge in [-0.1, -0.05) is 40.9 Å². The first kappa shape index (κ1) is 16.8. The fourth-order valence-electron chi connectivity index (χ4n) is 1.63. The van der Waals surface area contributed by atoms with Crippen molar-refractivity contribution in [2.24, 2.45) is 0 Å². The normalized spacial score (nSPS) is 11.2. The summed E-state index contributed by atoms with van der Waals surface area (Å²) >= 11 is 11.6. The molecule has 0 saturated carbocycles. The third-order valence-corrected chi connectivity index (χ3v) is 4.62. The molecule has 116 valence electrons. The summed E-state index contributed by atoms with van der Waals surface area (Å²) in [4.78, 5) is 14.0. The van der Waals surface area contributed by atoms with E-state index in [-0.39, 0.29) is 15.5 Å². The first-order chi connectivity index (χ1) is 10.3. The van der Waals surface area contributed by atoms with Crippen molar-refractivity contribution in [1.82, 2.24) is 10.3 Å². The minimum Gasteiger partial charge on any atom is -0.273 e. The maximum absolute atomic E-state index is 12.0. The van der Waals surface area contributed by atoms with Crippen LogP contribution in [0.2, 0.25) is 10.0 Å². The van der Waals surface area contributed by atoms with Crippen LogP contribution in [0.3, 0.4) is 0 Å². The van der Waals surface area contributed by atoms with Crippen LogP contribution in [0.4, 0.5) is 0 Å². The maximum Gasteiger partial charge on any atom is 0.267 e. The molecule has 22 heavy (non-hydrogen) atoms. The molecule has 0 aromatic heterocycles. The molecule has 0 radical (unpaired) electrons. The van der Waals surface area contributed by atoms with Crippen LogP contribution in [0.25, 0.3) is 0 Å². The van der Waals surface area contributed by atoms with Gasteiger partial charge in [-0.05, 0) is 37.3 Å². The number of aryl methyl sites for hydroxylation is 1. The topological polar surface area (TPSA) is 75.3 Å². The number of nitrogens with one attached hydrogen (secondary N) is 2. The van der Waals surface area contributed by atoms with E-state index in [1.165, 1.54) is 30.3 Å². The van der Waals surface area contributed by atoms with E-state index in [2.05, 4.69) is 5.43 Å². The van der Waals surface area contributed by atoms with Crippen LogP contribution < -0.4 is 10.3 Å². The van der Waals surface area contributed by atoms with Crippen molar-refractivity contribution in [3.05, 3.63) is 63.6 Å². The molecule has 2 aromatic carbocycles. The number of rotatable bonds is 4. The first-order valence-electron chi connectivity index (χ1n) is 6.13. The van der Waals surface area contributed by atoms with Crippen molar-refractivity contribution >= 4 is 39.1 Å². The number of carbonyl (C=O) groups excluding carboxylic acids is 1. The molecule has 2 N–H and O–H groups in total. The number of halogens is 2. The lowest BCUT2D eigenvalue weighted by molar-refractivity contribution is 0.0945. The summed E-state index contributed by atoms with van der Waals surface area (Å²) < 4.78 is 24.1. The van der Waals surface area contributed by atoms with E-state index in [1.54, 1.807) is 12.1 Å². The number of hydrazine groups is 1. The predicted molar refractivity (Wildman–Crippen MR) is 85.4 cm³/mol. The number of carbonyl (C=O) groups is 1. The van der Waals surface area contributed by atoms with Gasteiger partial charge in [-0.15, -0.1) is 4.83 Å². The Bertz CT molecular complexity index is 805. The highest BCUT2D eigenvalue weighted by molar-refractivity contribution is 7.89. The Labute approximate surface area is 138 Å². The largest absolute Gasteiger partial charge is 0.273 e. The molecule has 0 unspecified atom stereocenters. The van der Waals surface area contributed by atoms with Gasteiger partial charge in [0.2, 0.25) is 0 Å². The van der Waals surface area contributed by atoms with Crippen LogP contribution >= 0.6 is 23.2 Å². The quantitative estimate of drug-likeness (QED) is 0.825. The molecule has 2 aromatic rings. The van der Waals surface area contributed by atoms with Gasteiger partial charge >= 0.3 is 0 Å². The zero-order valence-corrected chi connectivity index (χ0v) is 13.8. The van der Waals surface area contributed by atoms with Gasteiger partial charge in [0.05, 0.1) is 15.5 Å². The van der Waals surface area contributed by atoms with Gasteiger partial charge in [-0.25, -0.2) is 8.42 Å². The number of amides is 1. The predicted octanol–water partition coefficient (Wildman–Crippen LogP) is 2.93. The van der Waals surface area contributed by atoms with Crippen molar-refractivity contribution in [3.63, 3.8) is 0 Å². The van der Waals surface area contributed by atoms with Crippen molar-refractivity contribution in [1.29, 1.82) is 0 Å².